The third-order valence-electron chi connectivity index (χ3n) is 4.01. The van der Waals surface area contributed by atoms with Gasteiger partial charge in [0.25, 0.3) is 5.91 Å². The van der Waals surface area contributed by atoms with E-state index in [1.807, 2.05) is 41.9 Å². The van der Waals surface area contributed by atoms with Crippen molar-refractivity contribution in [3.05, 3.63) is 74.1 Å². The highest BCUT2D eigenvalue weighted by Gasteiger charge is 2.21. The third kappa shape index (κ3) is 4.41. The first kappa shape index (κ1) is 18.8. The number of carbonyl (C=O) groups is 1. The van der Waals surface area contributed by atoms with Crippen molar-refractivity contribution in [2.45, 2.75) is 24.9 Å². The summed E-state index contributed by atoms with van der Waals surface area (Å²) in [6.45, 7) is 2.82. The molecule has 26 heavy (non-hydrogen) atoms. The molecule has 0 saturated carbocycles. The Morgan fingerprint density at radius 2 is 1.58 bits per heavy atom. The van der Waals surface area contributed by atoms with Gasteiger partial charge >= 0.3 is 0 Å². The smallest absolute Gasteiger partial charge is 0.254 e. The minimum atomic E-state index is -3.37. The summed E-state index contributed by atoms with van der Waals surface area (Å²) in [5.74, 6) is -0.158. The molecular weight excluding hydrogens is 386 g/mol. The lowest BCUT2D eigenvalue weighted by atomic mass is 10.1. The molecule has 0 fully saturated rings. The number of aryl methyl sites for hydroxylation is 1. The Hall–Kier alpha value is -1.96. The van der Waals surface area contributed by atoms with Crippen molar-refractivity contribution in [1.29, 1.82) is 0 Å². The standard InChI is InChI=1S/C19H19NO3S3/c1-14-7-8-17(26(2,22)23)11-18(14)19(21)20(12-15-5-3-9-24-15)13-16-6-4-10-25-16/h3-11H,12-13H2,1-2H3. The fourth-order valence-electron chi connectivity index (χ4n) is 2.61. The molecule has 1 amide bonds. The van der Waals surface area contributed by atoms with Crippen LogP contribution in [0.15, 0.2) is 58.1 Å². The Labute approximate surface area is 161 Å². The first-order valence-electron chi connectivity index (χ1n) is 7.99. The zero-order valence-corrected chi connectivity index (χ0v) is 17.0. The fourth-order valence-corrected chi connectivity index (χ4v) is 4.70. The molecule has 0 bridgehead atoms. The van der Waals surface area contributed by atoms with Gasteiger partial charge in [0.1, 0.15) is 0 Å². The summed E-state index contributed by atoms with van der Waals surface area (Å²) in [5.41, 5.74) is 1.20. The van der Waals surface area contributed by atoms with Crippen LogP contribution in [0.4, 0.5) is 0 Å². The molecular formula is C19H19NO3S3. The van der Waals surface area contributed by atoms with E-state index in [0.29, 0.717) is 18.7 Å². The average molecular weight is 406 g/mol. The summed E-state index contributed by atoms with van der Waals surface area (Å²) in [4.78, 5) is 17.4. The minimum absolute atomic E-state index is 0.158. The van der Waals surface area contributed by atoms with E-state index >= 15 is 0 Å². The van der Waals surface area contributed by atoms with Crippen molar-refractivity contribution in [3.8, 4) is 0 Å². The van der Waals surface area contributed by atoms with E-state index in [-0.39, 0.29) is 10.8 Å². The number of hydrogen-bond acceptors (Lipinski definition) is 5. The first-order valence-corrected chi connectivity index (χ1v) is 11.6. The van der Waals surface area contributed by atoms with Crippen molar-refractivity contribution < 1.29 is 13.2 Å². The van der Waals surface area contributed by atoms with Crippen LogP contribution in [0.1, 0.15) is 25.7 Å². The van der Waals surface area contributed by atoms with Gasteiger partial charge in [0.2, 0.25) is 0 Å². The molecule has 2 aromatic heterocycles. The number of benzene rings is 1. The summed E-state index contributed by atoms with van der Waals surface area (Å²) >= 11 is 3.20. The van der Waals surface area contributed by atoms with Crippen LogP contribution in [-0.4, -0.2) is 25.5 Å². The molecule has 0 aliphatic rings. The number of sulfone groups is 1. The van der Waals surface area contributed by atoms with E-state index in [4.69, 9.17) is 0 Å². The number of carbonyl (C=O) groups excluding carboxylic acids is 1. The van der Waals surface area contributed by atoms with Gasteiger partial charge in [-0.3, -0.25) is 4.79 Å². The predicted molar refractivity (Wildman–Crippen MR) is 107 cm³/mol. The molecule has 0 radical (unpaired) electrons. The number of amides is 1. The summed E-state index contributed by atoms with van der Waals surface area (Å²) in [6.07, 6.45) is 1.15. The second-order valence-corrected chi connectivity index (χ2v) is 10.1. The molecule has 0 N–H and O–H groups in total. The number of hydrogen-bond donors (Lipinski definition) is 0. The van der Waals surface area contributed by atoms with Crippen LogP contribution in [0.3, 0.4) is 0 Å². The molecule has 0 saturated heterocycles. The summed E-state index contributed by atoms with van der Waals surface area (Å²) < 4.78 is 23.8. The maximum atomic E-state index is 13.2. The van der Waals surface area contributed by atoms with Gasteiger partial charge in [0.15, 0.2) is 9.84 Å². The third-order valence-corrected chi connectivity index (χ3v) is 6.84. The van der Waals surface area contributed by atoms with E-state index in [2.05, 4.69) is 0 Å². The summed E-state index contributed by atoms with van der Waals surface area (Å²) in [7, 11) is -3.37. The highest BCUT2D eigenvalue weighted by Crippen LogP contribution is 2.22. The maximum absolute atomic E-state index is 13.2. The Morgan fingerprint density at radius 3 is 2.04 bits per heavy atom. The summed E-state index contributed by atoms with van der Waals surface area (Å²) in [5, 5.41) is 3.97. The molecule has 136 valence electrons. The van der Waals surface area contributed by atoms with Gasteiger partial charge < -0.3 is 4.90 Å². The lowest BCUT2D eigenvalue weighted by molar-refractivity contribution is 0.0732. The van der Waals surface area contributed by atoms with Crippen LogP contribution in [0.25, 0.3) is 0 Å². The second kappa shape index (κ2) is 7.73. The molecule has 0 unspecified atom stereocenters. The summed E-state index contributed by atoms with van der Waals surface area (Å²) in [6, 6.07) is 12.6. The number of rotatable bonds is 6. The predicted octanol–water partition coefficient (Wildman–Crippen LogP) is 4.36. The zero-order valence-electron chi connectivity index (χ0n) is 14.5. The van der Waals surface area contributed by atoms with Crippen molar-refractivity contribution in [1.82, 2.24) is 4.90 Å². The lowest BCUT2D eigenvalue weighted by Crippen LogP contribution is -2.30. The molecule has 0 spiro atoms. The highest BCUT2D eigenvalue weighted by atomic mass is 32.2. The van der Waals surface area contributed by atoms with Crippen LogP contribution in [-0.2, 0) is 22.9 Å². The Balaban J connectivity index is 1.96. The topological polar surface area (TPSA) is 54.5 Å². The van der Waals surface area contributed by atoms with Gasteiger partial charge in [-0.05, 0) is 47.5 Å². The second-order valence-electron chi connectivity index (χ2n) is 6.07. The van der Waals surface area contributed by atoms with Gasteiger partial charge in [0, 0.05) is 21.6 Å². The average Bonchev–Trinajstić information content (AvgIpc) is 3.27. The molecule has 4 nitrogen and oxygen atoms in total. The van der Waals surface area contributed by atoms with Gasteiger partial charge in [0.05, 0.1) is 18.0 Å². The molecule has 1 aromatic carbocycles. The molecule has 2 heterocycles. The van der Waals surface area contributed by atoms with E-state index in [9.17, 15) is 13.2 Å². The lowest BCUT2D eigenvalue weighted by Gasteiger charge is -2.23. The molecule has 3 rings (SSSR count). The molecule has 3 aromatic rings. The number of thiophene rings is 2. The van der Waals surface area contributed by atoms with Crippen LogP contribution in [0, 0.1) is 6.92 Å². The van der Waals surface area contributed by atoms with Crippen LogP contribution in [0.5, 0.6) is 0 Å². The zero-order chi connectivity index (χ0) is 18.7. The van der Waals surface area contributed by atoms with E-state index in [0.717, 1.165) is 21.6 Å². The van der Waals surface area contributed by atoms with Gasteiger partial charge in [-0.1, -0.05) is 18.2 Å². The normalized spacial score (nSPS) is 11.5. The minimum Gasteiger partial charge on any atom is -0.328 e. The van der Waals surface area contributed by atoms with E-state index in [1.54, 1.807) is 39.7 Å². The van der Waals surface area contributed by atoms with Crippen molar-refractivity contribution in [3.63, 3.8) is 0 Å². The molecule has 0 aliphatic heterocycles. The van der Waals surface area contributed by atoms with Crippen LogP contribution in [0.2, 0.25) is 0 Å². The van der Waals surface area contributed by atoms with Crippen LogP contribution < -0.4 is 0 Å². The van der Waals surface area contributed by atoms with Gasteiger partial charge in [-0.15, -0.1) is 22.7 Å². The highest BCUT2D eigenvalue weighted by molar-refractivity contribution is 7.90. The largest absolute Gasteiger partial charge is 0.328 e. The van der Waals surface area contributed by atoms with Crippen molar-refractivity contribution >= 4 is 38.4 Å². The van der Waals surface area contributed by atoms with Gasteiger partial charge in [-0.2, -0.15) is 0 Å². The van der Waals surface area contributed by atoms with E-state index < -0.39 is 9.84 Å². The van der Waals surface area contributed by atoms with Crippen molar-refractivity contribution in [2.24, 2.45) is 0 Å². The van der Waals surface area contributed by atoms with Crippen molar-refractivity contribution in [2.75, 3.05) is 6.26 Å². The Bertz CT molecular complexity index is 955. The fraction of sp³-hybridized carbons (Fsp3) is 0.211. The molecule has 0 atom stereocenters. The van der Waals surface area contributed by atoms with E-state index in [1.165, 1.54) is 6.07 Å². The SMILES string of the molecule is Cc1ccc(S(C)(=O)=O)cc1C(=O)N(Cc1cccs1)Cc1cccs1. The molecule has 0 aliphatic carbocycles. The quantitative estimate of drug-likeness (QED) is 0.612. The molecule has 7 heteroatoms. The number of nitrogens with zero attached hydrogens (tertiary/aromatic N) is 1. The van der Waals surface area contributed by atoms with Gasteiger partial charge in [-0.25, -0.2) is 8.42 Å². The Morgan fingerprint density at radius 1 is 1.00 bits per heavy atom. The Kier molecular flexibility index (Phi) is 5.60. The van der Waals surface area contributed by atoms with Crippen LogP contribution >= 0.6 is 22.7 Å². The monoisotopic (exact) mass is 405 g/mol. The first-order chi connectivity index (χ1) is 12.3. The maximum Gasteiger partial charge on any atom is 0.254 e.